The average Bonchev–Trinajstić information content (AvgIpc) is 3.33. The van der Waals surface area contributed by atoms with Gasteiger partial charge in [-0.15, -0.1) is 0 Å². The third kappa shape index (κ3) is 3.21. The molecule has 0 unspecified atom stereocenters. The second-order valence-electron chi connectivity index (χ2n) is 8.71. The Hall–Kier alpha value is -3.15. The number of piperidine rings is 1. The summed E-state index contributed by atoms with van der Waals surface area (Å²) in [7, 11) is 0. The summed E-state index contributed by atoms with van der Waals surface area (Å²) in [4.78, 5) is 42.6. The highest BCUT2D eigenvalue weighted by atomic mass is 16.2. The van der Waals surface area contributed by atoms with Crippen molar-refractivity contribution in [2.75, 3.05) is 25.0 Å². The molecule has 3 aliphatic rings. The number of carbonyl (C=O) groups excluding carboxylic acids is 3. The Kier molecular flexibility index (Phi) is 5.00. The standard InChI is InChI=1S/C25H27N3O3/c29-21-12-6-7-15-27(21)16-13-22(30)28-17-14-25(23(28)18-8-2-1-3-9-18)19-10-4-5-11-20(19)26-24(25)31/h1-5,8-11,23H,6-7,12-17H2,(H,26,31)/t23-,25+/m0/s1. The molecular formula is C25H27N3O3. The van der Waals surface area contributed by atoms with E-state index in [1.165, 1.54) is 0 Å². The Morgan fingerprint density at radius 1 is 1.00 bits per heavy atom. The van der Waals surface area contributed by atoms with Crippen molar-refractivity contribution in [3.05, 3.63) is 65.7 Å². The van der Waals surface area contributed by atoms with Crippen LogP contribution in [0.5, 0.6) is 0 Å². The molecule has 3 amide bonds. The Morgan fingerprint density at radius 3 is 2.58 bits per heavy atom. The molecule has 6 heteroatoms. The number of fused-ring (bicyclic) bond motifs is 2. The van der Waals surface area contributed by atoms with Crippen molar-refractivity contribution in [1.29, 1.82) is 0 Å². The number of hydrogen-bond acceptors (Lipinski definition) is 3. The van der Waals surface area contributed by atoms with Gasteiger partial charge in [-0.25, -0.2) is 0 Å². The van der Waals surface area contributed by atoms with E-state index in [2.05, 4.69) is 5.32 Å². The average molecular weight is 418 g/mol. The zero-order chi connectivity index (χ0) is 21.4. The topological polar surface area (TPSA) is 69.7 Å². The molecule has 2 atom stereocenters. The summed E-state index contributed by atoms with van der Waals surface area (Å²) in [5.74, 6) is 0.103. The minimum Gasteiger partial charge on any atom is -0.342 e. The number of carbonyl (C=O) groups is 3. The third-order valence-electron chi connectivity index (χ3n) is 7.04. The molecule has 2 aromatic rings. The van der Waals surface area contributed by atoms with Gasteiger partial charge in [-0.2, -0.15) is 0 Å². The zero-order valence-electron chi connectivity index (χ0n) is 17.5. The van der Waals surface area contributed by atoms with Crippen molar-refractivity contribution in [3.63, 3.8) is 0 Å². The number of nitrogens with zero attached hydrogens (tertiary/aromatic N) is 2. The highest BCUT2D eigenvalue weighted by Crippen LogP contribution is 2.54. The molecule has 3 heterocycles. The van der Waals surface area contributed by atoms with Crippen LogP contribution in [0.1, 0.15) is 49.3 Å². The maximum atomic E-state index is 13.4. The van der Waals surface area contributed by atoms with Gasteiger partial charge in [0.25, 0.3) is 0 Å². The van der Waals surface area contributed by atoms with Crippen molar-refractivity contribution in [1.82, 2.24) is 9.80 Å². The van der Waals surface area contributed by atoms with Gasteiger partial charge < -0.3 is 15.1 Å². The predicted molar refractivity (Wildman–Crippen MR) is 117 cm³/mol. The number of anilines is 1. The van der Waals surface area contributed by atoms with Crippen LogP contribution in [0.4, 0.5) is 5.69 Å². The lowest BCUT2D eigenvalue weighted by Gasteiger charge is -2.35. The Balaban J connectivity index is 1.46. The first kappa shape index (κ1) is 19.8. The summed E-state index contributed by atoms with van der Waals surface area (Å²) in [6, 6.07) is 17.3. The molecule has 1 N–H and O–H groups in total. The van der Waals surface area contributed by atoms with E-state index in [1.54, 1.807) is 0 Å². The largest absolute Gasteiger partial charge is 0.342 e. The lowest BCUT2D eigenvalue weighted by molar-refractivity contribution is -0.136. The van der Waals surface area contributed by atoms with Gasteiger partial charge in [0.2, 0.25) is 17.7 Å². The SMILES string of the molecule is O=C1CCCCN1CCC(=O)N1CC[C@]2(C(=O)Nc3ccccc32)[C@@H]1c1ccccc1. The molecular weight excluding hydrogens is 390 g/mol. The van der Waals surface area contributed by atoms with Gasteiger partial charge >= 0.3 is 0 Å². The van der Waals surface area contributed by atoms with Gasteiger partial charge in [0.1, 0.15) is 5.41 Å². The molecule has 0 saturated carbocycles. The van der Waals surface area contributed by atoms with E-state index in [4.69, 9.17) is 0 Å². The molecule has 2 aromatic carbocycles. The third-order valence-corrected chi connectivity index (χ3v) is 7.04. The molecule has 0 aliphatic carbocycles. The molecule has 0 aromatic heterocycles. The van der Waals surface area contributed by atoms with Crippen LogP contribution in [0.25, 0.3) is 0 Å². The lowest BCUT2D eigenvalue weighted by Crippen LogP contribution is -2.44. The summed E-state index contributed by atoms with van der Waals surface area (Å²) in [6.45, 7) is 1.70. The Morgan fingerprint density at radius 2 is 1.77 bits per heavy atom. The fraction of sp³-hybridized carbons (Fsp3) is 0.400. The van der Waals surface area contributed by atoms with Crippen molar-refractivity contribution < 1.29 is 14.4 Å². The van der Waals surface area contributed by atoms with E-state index in [0.29, 0.717) is 25.9 Å². The molecule has 1 spiro atoms. The van der Waals surface area contributed by atoms with Crippen LogP contribution in [-0.2, 0) is 19.8 Å². The quantitative estimate of drug-likeness (QED) is 0.830. The summed E-state index contributed by atoms with van der Waals surface area (Å²) >= 11 is 0. The molecule has 2 saturated heterocycles. The fourth-order valence-electron chi connectivity index (χ4n) is 5.53. The van der Waals surface area contributed by atoms with Gasteiger partial charge in [0.15, 0.2) is 0 Å². The van der Waals surface area contributed by atoms with Crippen LogP contribution in [-0.4, -0.2) is 47.2 Å². The Labute approximate surface area is 182 Å². The van der Waals surface area contributed by atoms with Gasteiger partial charge in [-0.1, -0.05) is 48.5 Å². The van der Waals surface area contributed by atoms with Gasteiger partial charge in [-0.05, 0) is 36.5 Å². The first-order valence-electron chi connectivity index (χ1n) is 11.1. The minimum atomic E-state index is -0.783. The number of hydrogen-bond donors (Lipinski definition) is 1. The highest BCUT2D eigenvalue weighted by Gasteiger charge is 2.59. The van der Waals surface area contributed by atoms with Crippen LogP contribution in [0.3, 0.4) is 0 Å². The number of benzene rings is 2. The number of nitrogens with one attached hydrogen (secondary N) is 1. The second-order valence-corrected chi connectivity index (χ2v) is 8.71. The maximum Gasteiger partial charge on any atom is 0.237 e. The van der Waals surface area contributed by atoms with Crippen LogP contribution in [0, 0.1) is 0 Å². The van der Waals surface area contributed by atoms with Crippen molar-refractivity contribution in [2.45, 2.75) is 43.6 Å². The number of amides is 3. The number of rotatable bonds is 4. The van der Waals surface area contributed by atoms with Gasteiger partial charge in [0.05, 0.1) is 6.04 Å². The first-order valence-corrected chi connectivity index (χ1v) is 11.1. The fourth-order valence-corrected chi connectivity index (χ4v) is 5.53. The molecule has 0 bridgehead atoms. The molecule has 3 aliphatic heterocycles. The van der Waals surface area contributed by atoms with E-state index < -0.39 is 5.41 Å². The van der Waals surface area contributed by atoms with Crippen LogP contribution in [0.2, 0.25) is 0 Å². The molecule has 2 fully saturated rings. The van der Waals surface area contributed by atoms with E-state index in [0.717, 1.165) is 36.2 Å². The number of para-hydroxylation sites is 1. The number of likely N-dealkylation sites (tertiary alicyclic amines) is 2. The first-order chi connectivity index (χ1) is 15.1. The van der Waals surface area contributed by atoms with Gasteiger partial charge in [0, 0.05) is 38.2 Å². The second kappa shape index (κ2) is 7.84. The highest BCUT2D eigenvalue weighted by molar-refractivity contribution is 6.07. The normalized spacial score (nSPS) is 25.1. The lowest BCUT2D eigenvalue weighted by atomic mass is 9.72. The van der Waals surface area contributed by atoms with Crippen molar-refractivity contribution >= 4 is 23.4 Å². The summed E-state index contributed by atoms with van der Waals surface area (Å²) in [6.07, 6.45) is 3.38. The molecule has 6 nitrogen and oxygen atoms in total. The summed E-state index contributed by atoms with van der Waals surface area (Å²) < 4.78 is 0. The summed E-state index contributed by atoms with van der Waals surface area (Å²) in [5, 5.41) is 3.05. The molecule has 0 radical (unpaired) electrons. The van der Waals surface area contributed by atoms with Crippen molar-refractivity contribution in [2.24, 2.45) is 0 Å². The van der Waals surface area contributed by atoms with Crippen LogP contribution < -0.4 is 5.32 Å². The minimum absolute atomic E-state index is 0.00119. The molecule has 160 valence electrons. The van der Waals surface area contributed by atoms with E-state index >= 15 is 0 Å². The van der Waals surface area contributed by atoms with Crippen LogP contribution in [0.15, 0.2) is 54.6 Å². The van der Waals surface area contributed by atoms with E-state index in [1.807, 2.05) is 64.4 Å². The van der Waals surface area contributed by atoms with E-state index in [-0.39, 0.29) is 30.2 Å². The summed E-state index contributed by atoms with van der Waals surface area (Å²) in [5.41, 5.74) is 1.99. The predicted octanol–water partition coefficient (Wildman–Crippen LogP) is 3.25. The Bertz CT molecular complexity index is 1020. The molecule has 31 heavy (non-hydrogen) atoms. The van der Waals surface area contributed by atoms with Gasteiger partial charge in [-0.3, -0.25) is 14.4 Å². The smallest absolute Gasteiger partial charge is 0.237 e. The molecule has 5 rings (SSSR count). The zero-order valence-corrected chi connectivity index (χ0v) is 17.5. The monoisotopic (exact) mass is 417 g/mol. The maximum absolute atomic E-state index is 13.4. The van der Waals surface area contributed by atoms with E-state index in [9.17, 15) is 14.4 Å². The van der Waals surface area contributed by atoms with Crippen molar-refractivity contribution in [3.8, 4) is 0 Å². The van der Waals surface area contributed by atoms with Crippen LogP contribution >= 0.6 is 0 Å².